The van der Waals surface area contributed by atoms with E-state index in [0.717, 1.165) is 42.5 Å². The molecule has 0 spiro atoms. The second-order valence-corrected chi connectivity index (χ2v) is 11.9. The summed E-state index contributed by atoms with van der Waals surface area (Å²) in [5.74, 6) is 4.25. The second kappa shape index (κ2) is 7.34. The smallest absolute Gasteiger partial charge is 0.199 e. The van der Waals surface area contributed by atoms with E-state index in [1.54, 1.807) is 17.1 Å². The van der Waals surface area contributed by atoms with E-state index in [1.807, 2.05) is 13.1 Å². The number of rotatable bonds is 3. The Morgan fingerprint density at radius 3 is 2.69 bits per heavy atom. The van der Waals surface area contributed by atoms with Gasteiger partial charge in [-0.25, -0.2) is 9.97 Å². The number of ketones is 1. The first-order chi connectivity index (χ1) is 15.3. The minimum atomic E-state index is -0.454. The average Bonchev–Trinajstić information content (AvgIpc) is 3.32. The predicted octanol–water partition coefficient (Wildman–Crippen LogP) is 4.42. The molecule has 0 radical (unpaired) electrons. The van der Waals surface area contributed by atoms with Crippen molar-refractivity contribution in [2.24, 2.45) is 40.9 Å². The molecule has 8 atom stereocenters. The molecule has 4 fully saturated rings. The molecular formula is C26H36N4O2. The molecule has 0 saturated heterocycles. The van der Waals surface area contributed by atoms with Gasteiger partial charge in [0.1, 0.15) is 5.52 Å². The van der Waals surface area contributed by atoms with E-state index >= 15 is 0 Å². The number of aliphatic hydroxyl groups is 1. The van der Waals surface area contributed by atoms with Crippen molar-refractivity contribution in [3.05, 3.63) is 18.6 Å². The molecule has 2 aromatic heterocycles. The number of hydrogen-bond acceptors (Lipinski definition) is 5. The first-order valence-corrected chi connectivity index (χ1v) is 12.7. The Bertz CT molecular complexity index is 999. The highest BCUT2D eigenvalue weighted by Crippen LogP contribution is 2.64. The fraction of sp³-hybridized carbons (Fsp3) is 0.769. The van der Waals surface area contributed by atoms with Crippen LogP contribution in [0, 0.1) is 40.9 Å². The Hall–Kier alpha value is -1.82. The number of hydrogen-bond donors (Lipinski definition) is 1. The van der Waals surface area contributed by atoms with Crippen molar-refractivity contribution in [3.8, 4) is 0 Å². The van der Waals surface area contributed by atoms with Crippen LogP contribution in [0.15, 0.2) is 18.6 Å². The van der Waals surface area contributed by atoms with Crippen molar-refractivity contribution < 1.29 is 9.90 Å². The largest absolute Gasteiger partial charge is 0.390 e. The van der Waals surface area contributed by atoms with Gasteiger partial charge in [0.15, 0.2) is 11.4 Å². The van der Waals surface area contributed by atoms with Crippen LogP contribution in [0.25, 0.3) is 11.2 Å². The van der Waals surface area contributed by atoms with Crippen LogP contribution in [0.4, 0.5) is 0 Å². The van der Waals surface area contributed by atoms with Crippen LogP contribution in [0.1, 0.15) is 71.6 Å². The van der Waals surface area contributed by atoms with E-state index in [0.29, 0.717) is 29.8 Å². The monoisotopic (exact) mass is 436 g/mol. The molecule has 2 heterocycles. The Labute approximate surface area is 190 Å². The van der Waals surface area contributed by atoms with Gasteiger partial charge in [-0.15, -0.1) is 0 Å². The Morgan fingerprint density at radius 2 is 1.84 bits per heavy atom. The molecule has 8 unspecified atom stereocenters. The third-order valence-electron chi connectivity index (χ3n) is 10.1. The molecule has 6 nitrogen and oxygen atoms in total. The molecule has 6 heteroatoms. The SMILES string of the molecule is CC1(O)CCC2C(CCC3C2CCC2(C)C(C(=O)Cn4cc5nccnc5n4)CCC32)C1. The van der Waals surface area contributed by atoms with E-state index in [9.17, 15) is 9.90 Å². The quantitative estimate of drug-likeness (QED) is 0.771. The van der Waals surface area contributed by atoms with Gasteiger partial charge in [0.05, 0.1) is 18.3 Å². The van der Waals surface area contributed by atoms with Crippen molar-refractivity contribution in [1.82, 2.24) is 19.7 Å². The maximum absolute atomic E-state index is 13.5. The van der Waals surface area contributed by atoms with Gasteiger partial charge in [0.2, 0.25) is 0 Å². The molecule has 4 aliphatic rings. The maximum atomic E-state index is 13.5. The van der Waals surface area contributed by atoms with E-state index in [2.05, 4.69) is 22.0 Å². The van der Waals surface area contributed by atoms with E-state index in [4.69, 9.17) is 0 Å². The number of Topliss-reactive ketones (excluding diaryl/α,β-unsaturated/α-hetero) is 1. The summed E-state index contributed by atoms with van der Waals surface area (Å²) >= 11 is 0. The molecule has 172 valence electrons. The predicted molar refractivity (Wildman–Crippen MR) is 122 cm³/mol. The fourth-order valence-corrected chi connectivity index (χ4v) is 8.76. The number of aromatic nitrogens is 4. The first kappa shape index (κ1) is 20.8. The normalized spacial score (nSPS) is 43.5. The van der Waals surface area contributed by atoms with Gasteiger partial charge in [-0.2, -0.15) is 5.10 Å². The summed E-state index contributed by atoms with van der Waals surface area (Å²) in [6.45, 7) is 4.79. The van der Waals surface area contributed by atoms with Gasteiger partial charge in [-0.05, 0) is 99.7 Å². The lowest BCUT2D eigenvalue weighted by Gasteiger charge is -2.56. The molecule has 6 rings (SSSR count). The Morgan fingerprint density at radius 1 is 1.03 bits per heavy atom. The highest BCUT2D eigenvalue weighted by atomic mass is 16.3. The second-order valence-electron chi connectivity index (χ2n) is 11.9. The summed E-state index contributed by atoms with van der Waals surface area (Å²) in [7, 11) is 0. The lowest BCUT2D eigenvalue weighted by molar-refractivity contribution is -0.133. The molecule has 2 aromatic rings. The van der Waals surface area contributed by atoms with Gasteiger partial charge in [0.25, 0.3) is 0 Å². The van der Waals surface area contributed by atoms with Gasteiger partial charge < -0.3 is 5.11 Å². The van der Waals surface area contributed by atoms with Crippen molar-refractivity contribution in [1.29, 1.82) is 0 Å². The number of nitrogens with zero attached hydrogens (tertiary/aromatic N) is 4. The molecule has 32 heavy (non-hydrogen) atoms. The van der Waals surface area contributed by atoms with E-state index in [-0.39, 0.29) is 11.3 Å². The Balaban J connectivity index is 1.18. The topological polar surface area (TPSA) is 80.9 Å². The summed E-state index contributed by atoms with van der Waals surface area (Å²) in [5.41, 5.74) is 1.04. The van der Waals surface area contributed by atoms with Gasteiger partial charge in [-0.1, -0.05) is 6.92 Å². The van der Waals surface area contributed by atoms with Crippen LogP contribution in [0.5, 0.6) is 0 Å². The summed E-state index contributed by atoms with van der Waals surface area (Å²) in [4.78, 5) is 22.0. The lowest BCUT2D eigenvalue weighted by Crippen LogP contribution is -2.51. The highest BCUT2D eigenvalue weighted by Gasteiger charge is 2.58. The highest BCUT2D eigenvalue weighted by molar-refractivity contribution is 5.82. The molecule has 4 aliphatic carbocycles. The zero-order chi connectivity index (χ0) is 22.1. The zero-order valence-corrected chi connectivity index (χ0v) is 19.4. The third kappa shape index (κ3) is 3.24. The lowest BCUT2D eigenvalue weighted by atomic mass is 9.49. The van der Waals surface area contributed by atoms with Crippen LogP contribution >= 0.6 is 0 Å². The van der Waals surface area contributed by atoms with Crippen molar-refractivity contribution in [2.45, 2.75) is 83.8 Å². The molecule has 0 aromatic carbocycles. The summed E-state index contributed by atoms with van der Waals surface area (Å²) in [6.07, 6.45) is 15.6. The maximum Gasteiger partial charge on any atom is 0.199 e. The van der Waals surface area contributed by atoms with Crippen LogP contribution < -0.4 is 0 Å². The van der Waals surface area contributed by atoms with Crippen LogP contribution in [0.2, 0.25) is 0 Å². The van der Waals surface area contributed by atoms with E-state index < -0.39 is 5.60 Å². The van der Waals surface area contributed by atoms with Gasteiger partial charge >= 0.3 is 0 Å². The van der Waals surface area contributed by atoms with Crippen molar-refractivity contribution in [2.75, 3.05) is 0 Å². The molecule has 4 saturated carbocycles. The van der Waals surface area contributed by atoms with Gasteiger partial charge in [-0.3, -0.25) is 9.48 Å². The zero-order valence-electron chi connectivity index (χ0n) is 19.4. The fourth-order valence-electron chi connectivity index (χ4n) is 8.76. The molecule has 0 aliphatic heterocycles. The number of carbonyl (C=O) groups is 1. The third-order valence-corrected chi connectivity index (χ3v) is 10.1. The minimum absolute atomic E-state index is 0.133. The van der Waals surface area contributed by atoms with Crippen LogP contribution in [-0.2, 0) is 11.3 Å². The Kier molecular flexibility index (Phi) is 4.76. The summed E-state index contributed by atoms with van der Waals surface area (Å²) in [6, 6.07) is 0. The van der Waals surface area contributed by atoms with Crippen LogP contribution in [0.3, 0.4) is 0 Å². The van der Waals surface area contributed by atoms with Crippen molar-refractivity contribution >= 4 is 16.9 Å². The standard InChI is InChI=1S/C26H36N4O2/c1-25(32)9-7-17-16(13-25)3-4-19-18(17)8-10-26(2)20(19)5-6-21(26)23(31)15-30-14-22-24(29-30)28-12-11-27-22/h11-12,14,16-21,32H,3-10,13,15H2,1-2H3. The number of carbonyl (C=O) groups excluding carboxylic acids is 1. The summed E-state index contributed by atoms with van der Waals surface area (Å²) in [5, 5.41) is 15.1. The average molecular weight is 437 g/mol. The van der Waals surface area contributed by atoms with E-state index in [1.165, 1.54) is 38.5 Å². The van der Waals surface area contributed by atoms with Crippen LogP contribution in [-0.4, -0.2) is 36.2 Å². The van der Waals surface area contributed by atoms with Crippen molar-refractivity contribution in [3.63, 3.8) is 0 Å². The molecular weight excluding hydrogens is 400 g/mol. The molecule has 0 amide bonds. The molecule has 1 N–H and O–H groups in total. The van der Waals surface area contributed by atoms with Gasteiger partial charge in [0, 0.05) is 18.3 Å². The molecule has 0 bridgehead atoms. The first-order valence-electron chi connectivity index (χ1n) is 12.7. The number of fused-ring (bicyclic) bond motifs is 6. The minimum Gasteiger partial charge on any atom is -0.390 e. The summed E-state index contributed by atoms with van der Waals surface area (Å²) < 4.78 is 1.74.